The fraction of sp³-hybridized carbons (Fsp3) is 0.172. The number of aromatic nitrogens is 4. The third-order valence-electron chi connectivity index (χ3n) is 31.4. The molecule has 572 valence electrons. The van der Waals surface area contributed by atoms with Gasteiger partial charge in [0, 0.05) is 82.2 Å². The summed E-state index contributed by atoms with van der Waals surface area (Å²) in [7, 11) is 0. The largest absolute Gasteiger partial charge is 0.309 e. The Labute approximate surface area is 698 Å². The molecule has 120 heavy (non-hydrogen) atoms. The second-order valence-corrected chi connectivity index (χ2v) is 36.9. The van der Waals surface area contributed by atoms with Gasteiger partial charge >= 0.3 is 0 Å². The highest BCUT2D eigenvalue weighted by molar-refractivity contribution is 6.24. The first-order valence-electron chi connectivity index (χ1n) is 44.4. The molecule has 4 heteroatoms. The van der Waals surface area contributed by atoms with Crippen molar-refractivity contribution < 1.29 is 0 Å². The van der Waals surface area contributed by atoms with E-state index in [9.17, 15) is 0 Å². The summed E-state index contributed by atoms with van der Waals surface area (Å²) < 4.78 is 10.1. The minimum absolute atomic E-state index is 0.113. The molecule has 8 bridgehead atoms. The van der Waals surface area contributed by atoms with Crippen LogP contribution in [0.4, 0.5) is 0 Å². The summed E-state index contributed by atoms with van der Waals surface area (Å²) in [4.78, 5) is 0. The highest BCUT2D eigenvalue weighted by Crippen LogP contribution is 2.72. The summed E-state index contributed by atoms with van der Waals surface area (Å²) in [6.45, 7) is 0. The maximum atomic E-state index is 2.66. The molecule has 4 nitrogen and oxygen atoms in total. The van der Waals surface area contributed by atoms with E-state index in [1.165, 1.54) is 241 Å². The number of nitrogens with zero attached hydrogens (tertiary/aromatic N) is 4. The van der Waals surface area contributed by atoms with E-state index in [0.29, 0.717) is 0 Å². The quantitative estimate of drug-likeness (QED) is 0.144. The Morgan fingerprint density at radius 1 is 0.183 bits per heavy atom. The first-order chi connectivity index (χ1) is 59.5. The summed E-state index contributed by atoms with van der Waals surface area (Å²) in [5.41, 5.74) is 37.4. The molecule has 4 heterocycles. The van der Waals surface area contributed by atoms with Crippen molar-refractivity contribution in [3.63, 3.8) is 0 Å². The molecule has 0 aliphatic heterocycles. The molecular formula is C116H88N4. The van der Waals surface area contributed by atoms with E-state index in [0.717, 1.165) is 47.3 Å². The topological polar surface area (TPSA) is 19.7 Å². The van der Waals surface area contributed by atoms with Crippen molar-refractivity contribution in [2.24, 2.45) is 47.3 Å². The summed E-state index contributed by atoms with van der Waals surface area (Å²) in [6, 6.07) is 138. The number of hydrogen-bond acceptors (Lipinski definition) is 0. The van der Waals surface area contributed by atoms with Crippen LogP contribution < -0.4 is 0 Å². The van der Waals surface area contributed by atoms with Gasteiger partial charge in [-0.25, -0.2) is 0 Å². The average Bonchev–Trinajstić information content (AvgIpc) is 1.49. The molecule has 2 spiro atoms. The SMILES string of the molecule is c1ccc(-c2cccc(-n3c4ccccc4c4c(-c5cccc6c5c5ccccc5n6-c5ccc6c(c5)-c5ccccc5C65C6CC7CC(C6)CC5C7)cccc43)c2)cc1.c1ccc(-c2cccc(-n3c4ccccc4c4c(-c5cccc6c7ccccc7n(-c7ccc8c(c7)C7(c9ccccc9-8)C8CC9CC(C8)CC7C9)c56)cccc43)c2)cc1. The lowest BCUT2D eigenvalue weighted by Crippen LogP contribution is -2.55. The molecule has 10 aliphatic carbocycles. The Morgan fingerprint density at radius 2 is 0.500 bits per heavy atom. The van der Waals surface area contributed by atoms with Crippen LogP contribution in [0.15, 0.2) is 364 Å². The first kappa shape index (κ1) is 67.7. The van der Waals surface area contributed by atoms with Crippen LogP contribution in [0.5, 0.6) is 0 Å². The third kappa shape index (κ3) is 9.37. The van der Waals surface area contributed by atoms with Crippen molar-refractivity contribution in [2.75, 3.05) is 0 Å². The van der Waals surface area contributed by atoms with Crippen molar-refractivity contribution in [2.45, 2.75) is 75.0 Å². The second-order valence-electron chi connectivity index (χ2n) is 36.9. The lowest BCUT2D eigenvalue weighted by atomic mass is 9.43. The van der Waals surface area contributed by atoms with Crippen LogP contribution in [-0.2, 0) is 10.8 Å². The first-order valence-corrected chi connectivity index (χ1v) is 44.4. The van der Waals surface area contributed by atoms with Gasteiger partial charge in [-0.15, -0.1) is 0 Å². The second kappa shape index (κ2) is 25.6. The van der Waals surface area contributed by atoms with E-state index >= 15 is 0 Å². The number of rotatable bonds is 8. The Bertz CT molecular complexity index is 7650. The molecule has 20 aromatic rings. The number of fused-ring (bicyclic) bond motifs is 18. The molecule has 16 aromatic carbocycles. The van der Waals surface area contributed by atoms with E-state index in [-0.39, 0.29) is 10.8 Å². The van der Waals surface area contributed by atoms with E-state index < -0.39 is 0 Å². The Kier molecular flexibility index (Phi) is 14.5. The average molecular weight is 1540 g/mol. The number of benzene rings is 16. The Hall–Kier alpha value is -13.3. The Morgan fingerprint density at radius 3 is 0.992 bits per heavy atom. The molecule has 8 fully saturated rings. The molecule has 0 radical (unpaired) electrons. The maximum absolute atomic E-state index is 2.66. The predicted molar refractivity (Wildman–Crippen MR) is 499 cm³/mol. The minimum atomic E-state index is 0.113. The van der Waals surface area contributed by atoms with Crippen LogP contribution in [0.25, 0.3) is 177 Å². The fourth-order valence-corrected chi connectivity index (χ4v) is 27.5. The molecule has 0 amide bonds. The zero-order valence-corrected chi connectivity index (χ0v) is 67.1. The lowest BCUT2D eigenvalue weighted by molar-refractivity contribution is -0.0399. The highest BCUT2D eigenvalue weighted by Gasteiger charge is 2.63. The van der Waals surface area contributed by atoms with Gasteiger partial charge in [0.25, 0.3) is 0 Å². The predicted octanol–water partition coefficient (Wildman–Crippen LogP) is 29.9. The van der Waals surface area contributed by atoms with Crippen molar-refractivity contribution in [3.05, 3.63) is 386 Å². The summed E-state index contributed by atoms with van der Waals surface area (Å²) in [5, 5.41) is 10.3. The molecule has 30 rings (SSSR count). The van der Waals surface area contributed by atoms with Crippen molar-refractivity contribution in [3.8, 4) is 89.5 Å². The monoisotopic (exact) mass is 1540 g/mol. The van der Waals surface area contributed by atoms with Crippen molar-refractivity contribution in [1.82, 2.24) is 18.3 Å². The fourth-order valence-electron chi connectivity index (χ4n) is 27.5. The molecule has 8 saturated carbocycles. The van der Waals surface area contributed by atoms with E-state index in [4.69, 9.17) is 0 Å². The summed E-state index contributed by atoms with van der Waals surface area (Å²) >= 11 is 0. The highest BCUT2D eigenvalue weighted by atomic mass is 15.0. The summed E-state index contributed by atoms with van der Waals surface area (Å²) in [6.07, 6.45) is 14.1. The number of hydrogen-bond donors (Lipinski definition) is 0. The van der Waals surface area contributed by atoms with E-state index in [1.807, 2.05) is 0 Å². The molecule has 0 saturated heterocycles. The van der Waals surface area contributed by atoms with Gasteiger partial charge in [0.1, 0.15) is 0 Å². The van der Waals surface area contributed by atoms with Crippen LogP contribution in [0.3, 0.4) is 0 Å². The van der Waals surface area contributed by atoms with Gasteiger partial charge in [0.15, 0.2) is 0 Å². The van der Waals surface area contributed by atoms with Gasteiger partial charge in [0.2, 0.25) is 0 Å². The van der Waals surface area contributed by atoms with Gasteiger partial charge in [-0.2, -0.15) is 0 Å². The van der Waals surface area contributed by atoms with Gasteiger partial charge in [-0.05, 0) is 286 Å². The minimum Gasteiger partial charge on any atom is -0.309 e. The van der Waals surface area contributed by atoms with Crippen LogP contribution in [0.1, 0.15) is 86.5 Å². The van der Waals surface area contributed by atoms with Crippen molar-refractivity contribution in [1.29, 1.82) is 0 Å². The smallest absolute Gasteiger partial charge is 0.0619 e. The maximum Gasteiger partial charge on any atom is 0.0619 e. The van der Waals surface area contributed by atoms with Gasteiger partial charge in [0.05, 0.1) is 44.1 Å². The van der Waals surface area contributed by atoms with E-state index in [2.05, 4.69) is 382 Å². The molecule has 10 aliphatic rings. The van der Waals surface area contributed by atoms with Crippen LogP contribution in [-0.4, -0.2) is 18.3 Å². The lowest BCUT2D eigenvalue weighted by Gasteiger charge is -2.61. The Balaban J connectivity index is 0.000000127. The van der Waals surface area contributed by atoms with Crippen LogP contribution >= 0.6 is 0 Å². The molecule has 0 N–H and O–H groups in total. The zero-order chi connectivity index (χ0) is 78.2. The number of para-hydroxylation sites is 5. The van der Waals surface area contributed by atoms with Gasteiger partial charge in [-0.1, -0.05) is 273 Å². The molecule has 4 aromatic heterocycles. The van der Waals surface area contributed by atoms with E-state index in [1.54, 1.807) is 22.3 Å². The molecule has 0 atom stereocenters. The molecular weight excluding hydrogens is 1450 g/mol. The zero-order valence-electron chi connectivity index (χ0n) is 67.1. The summed E-state index contributed by atoms with van der Waals surface area (Å²) in [5.74, 6) is 6.69. The van der Waals surface area contributed by atoms with Crippen molar-refractivity contribution >= 4 is 87.2 Å². The third-order valence-corrected chi connectivity index (χ3v) is 31.4. The standard InChI is InChI=1S/2C58H44N2/c1-2-13-38(14-3-1)39-15-10-16-42(34-39)59-54-25-9-6-19-50(54)56-47(20-12-26-55(56)59)49-22-11-21-48-46-18-5-8-24-53(46)60(57(48)49)43-27-28-45-44-17-4-7-23-51(44)58(52(45)35-43)40-30-36-29-37(32-40)33-41(58)31-36;1-2-13-38(14-3-1)39-15-10-16-42(34-39)59-52-23-8-5-18-47(52)56-45(20-11-25-54(56)59)46-21-12-26-55-57(46)48-19-6-9-24-53(48)60(55)43-27-28-51-49(35-43)44-17-4-7-22-50(44)58(51)40-30-36-29-37(32-40)33-41(58)31-36/h2*1-28,34-37,40-41H,29-33H2. The van der Waals surface area contributed by atoms with Crippen LogP contribution in [0.2, 0.25) is 0 Å². The normalized spacial score (nSPS) is 22.4. The van der Waals surface area contributed by atoms with Crippen LogP contribution in [0, 0.1) is 47.3 Å². The molecule has 0 unspecified atom stereocenters. The van der Waals surface area contributed by atoms with Gasteiger partial charge in [-0.3, -0.25) is 0 Å². The van der Waals surface area contributed by atoms with Gasteiger partial charge < -0.3 is 18.3 Å².